The van der Waals surface area contributed by atoms with Crippen LogP contribution in [0.1, 0.15) is 19.3 Å². The number of nitrogens with zero attached hydrogens (tertiary/aromatic N) is 2. The first-order valence-electron chi connectivity index (χ1n) is 5.40. The van der Waals surface area contributed by atoms with Crippen molar-refractivity contribution in [1.29, 1.82) is 0 Å². The van der Waals surface area contributed by atoms with Crippen molar-refractivity contribution in [3.63, 3.8) is 0 Å². The van der Waals surface area contributed by atoms with E-state index in [1.54, 1.807) is 0 Å². The minimum atomic E-state index is -4.47. The van der Waals surface area contributed by atoms with Crippen molar-refractivity contribution in [2.45, 2.75) is 31.8 Å². The molecule has 1 heterocycles. The fraction of sp³-hybridized carbons (Fsp3) is 0.636. The molecule has 1 aliphatic heterocycles. The van der Waals surface area contributed by atoms with Gasteiger partial charge in [-0.3, -0.25) is 5.01 Å². The number of rotatable bonds is 4. The third kappa shape index (κ3) is 3.47. The van der Waals surface area contributed by atoms with Gasteiger partial charge in [-0.05, 0) is 25.3 Å². The minimum Gasteiger partial charge on any atom is -0.357 e. The average molecular weight is 250 g/mol. The van der Waals surface area contributed by atoms with Gasteiger partial charge in [-0.1, -0.05) is 13.2 Å². The molecule has 0 aliphatic carbocycles. The number of hydrazine groups is 1. The SMILES string of the molecule is C=CC(=C)N(C1CCCCO1)N(C)C(F)(F)F. The van der Waals surface area contributed by atoms with Crippen molar-refractivity contribution in [1.82, 2.24) is 10.0 Å². The van der Waals surface area contributed by atoms with Crippen LogP contribution in [0.15, 0.2) is 24.9 Å². The second-order valence-electron chi connectivity index (χ2n) is 3.85. The van der Waals surface area contributed by atoms with Gasteiger partial charge in [0, 0.05) is 19.4 Å². The van der Waals surface area contributed by atoms with Crippen LogP contribution in [0.25, 0.3) is 0 Å². The Morgan fingerprint density at radius 3 is 2.47 bits per heavy atom. The van der Waals surface area contributed by atoms with Gasteiger partial charge in [-0.2, -0.15) is 13.2 Å². The highest BCUT2D eigenvalue weighted by molar-refractivity contribution is 5.09. The predicted molar refractivity (Wildman–Crippen MR) is 58.6 cm³/mol. The minimum absolute atomic E-state index is 0.178. The van der Waals surface area contributed by atoms with Crippen LogP contribution in [-0.2, 0) is 4.74 Å². The van der Waals surface area contributed by atoms with E-state index in [0.717, 1.165) is 24.9 Å². The van der Waals surface area contributed by atoms with E-state index in [4.69, 9.17) is 4.74 Å². The van der Waals surface area contributed by atoms with E-state index in [9.17, 15) is 13.2 Å². The fourth-order valence-electron chi connectivity index (χ4n) is 1.70. The summed E-state index contributed by atoms with van der Waals surface area (Å²) in [5, 5.41) is 1.19. The molecule has 1 aliphatic rings. The lowest BCUT2D eigenvalue weighted by Gasteiger charge is -2.41. The normalized spacial score (nSPS) is 21.4. The molecule has 1 rings (SSSR count). The number of allylic oxidation sites excluding steroid dienone is 1. The predicted octanol–water partition coefficient (Wildman–Crippen LogP) is 2.88. The Morgan fingerprint density at radius 1 is 1.41 bits per heavy atom. The van der Waals surface area contributed by atoms with Crippen molar-refractivity contribution >= 4 is 0 Å². The average Bonchev–Trinajstić information content (AvgIpc) is 2.29. The third-order valence-electron chi connectivity index (χ3n) is 2.65. The van der Waals surface area contributed by atoms with Crippen LogP contribution >= 0.6 is 0 Å². The van der Waals surface area contributed by atoms with Crippen LogP contribution in [0.5, 0.6) is 0 Å². The Labute approximate surface area is 99.1 Å². The lowest BCUT2D eigenvalue weighted by molar-refractivity contribution is -0.322. The molecule has 0 amide bonds. The molecule has 0 aromatic heterocycles. The number of hydrogen-bond acceptors (Lipinski definition) is 3. The van der Waals surface area contributed by atoms with E-state index in [-0.39, 0.29) is 10.7 Å². The zero-order valence-electron chi connectivity index (χ0n) is 9.83. The second kappa shape index (κ2) is 5.55. The van der Waals surface area contributed by atoms with Crippen molar-refractivity contribution < 1.29 is 17.9 Å². The van der Waals surface area contributed by atoms with Gasteiger partial charge in [-0.25, -0.2) is 0 Å². The van der Waals surface area contributed by atoms with Gasteiger partial charge in [0.1, 0.15) is 6.23 Å². The molecule has 0 N–H and O–H groups in total. The zero-order valence-corrected chi connectivity index (χ0v) is 9.83. The maximum Gasteiger partial charge on any atom is 0.477 e. The van der Waals surface area contributed by atoms with Crippen LogP contribution < -0.4 is 0 Å². The fourth-order valence-corrected chi connectivity index (χ4v) is 1.70. The van der Waals surface area contributed by atoms with Crippen molar-refractivity contribution in [3.8, 4) is 0 Å². The molecule has 1 fully saturated rings. The molecule has 6 heteroatoms. The van der Waals surface area contributed by atoms with Crippen molar-refractivity contribution in [2.24, 2.45) is 0 Å². The summed E-state index contributed by atoms with van der Waals surface area (Å²) in [4.78, 5) is 0. The summed E-state index contributed by atoms with van der Waals surface area (Å²) >= 11 is 0. The van der Waals surface area contributed by atoms with Gasteiger partial charge in [-0.15, -0.1) is 5.01 Å². The molecule has 1 unspecified atom stereocenters. The maximum absolute atomic E-state index is 12.7. The molecule has 3 nitrogen and oxygen atoms in total. The van der Waals surface area contributed by atoms with Crippen molar-refractivity contribution in [3.05, 3.63) is 24.9 Å². The highest BCUT2D eigenvalue weighted by Gasteiger charge is 2.41. The van der Waals surface area contributed by atoms with Crippen LogP contribution in [-0.4, -0.2) is 36.2 Å². The molecule has 1 saturated heterocycles. The quantitative estimate of drug-likeness (QED) is 0.433. The molecule has 1 atom stereocenters. The Balaban J connectivity index is 2.86. The molecule has 17 heavy (non-hydrogen) atoms. The topological polar surface area (TPSA) is 15.7 Å². The molecule has 0 spiro atoms. The van der Waals surface area contributed by atoms with Gasteiger partial charge in [0.25, 0.3) is 0 Å². The lowest BCUT2D eigenvalue weighted by atomic mass is 10.2. The monoisotopic (exact) mass is 250 g/mol. The lowest BCUT2D eigenvalue weighted by Crippen LogP contribution is -2.53. The summed E-state index contributed by atoms with van der Waals surface area (Å²) in [6, 6.07) is 0. The molecule has 98 valence electrons. The molecular weight excluding hydrogens is 233 g/mol. The van der Waals surface area contributed by atoms with Gasteiger partial charge >= 0.3 is 6.30 Å². The van der Waals surface area contributed by atoms with E-state index in [1.807, 2.05) is 0 Å². The number of halogens is 3. The molecule has 0 saturated carbocycles. The Kier molecular flexibility index (Phi) is 4.59. The second-order valence-corrected chi connectivity index (χ2v) is 3.85. The van der Waals surface area contributed by atoms with Crippen LogP contribution in [0.4, 0.5) is 13.2 Å². The van der Waals surface area contributed by atoms with E-state index in [1.165, 1.54) is 6.08 Å². The zero-order chi connectivity index (χ0) is 13.1. The molecule has 0 aromatic carbocycles. The Hall–Kier alpha value is -1.01. The molecule has 0 aromatic rings. The van der Waals surface area contributed by atoms with E-state index >= 15 is 0 Å². The van der Waals surface area contributed by atoms with Gasteiger partial charge in [0.2, 0.25) is 0 Å². The maximum atomic E-state index is 12.7. The molecule has 0 radical (unpaired) electrons. The summed E-state index contributed by atoms with van der Waals surface area (Å²) in [6.45, 7) is 7.49. The first-order valence-corrected chi connectivity index (χ1v) is 5.40. The summed E-state index contributed by atoms with van der Waals surface area (Å²) in [5.41, 5.74) is 0.178. The van der Waals surface area contributed by atoms with Crippen LogP contribution in [0, 0.1) is 0 Å². The first kappa shape index (κ1) is 14.1. The highest BCUT2D eigenvalue weighted by atomic mass is 19.4. The van der Waals surface area contributed by atoms with E-state index < -0.39 is 12.5 Å². The summed E-state index contributed by atoms with van der Waals surface area (Å²) in [5.74, 6) is 0. The summed E-state index contributed by atoms with van der Waals surface area (Å²) in [6.07, 6.45) is -1.53. The number of alkyl halides is 3. The third-order valence-corrected chi connectivity index (χ3v) is 2.65. The standard InChI is InChI=1S/C11H17F3N2O/c1-4-9(2)16(15(3)11(12,13)14)10-7-5-6-8-17-10/h4,10H,1-2,5-8H2,3H3. The Morgan fingerprint density at radius 2 is 2.06 bits per heavy atom. The smallest absolute Gasteiger partial charge is 0.357 e. The van der Waals surface area contributed by atoms with Gasteiger partial charge < -0.3 is 4.74 Å². The largest absolute Gasteiger partial charge is 0.477 e. The van der Waals surface area contributed by atoms with E-state index in [0.29, 0.717) is 13.0 Å². The van der Waals surface area contributed by atoms with Gasteiger partial charge in [0.15, 0.2) is 0 Å². The highest BCUT2D eigenvalue weighted by Crippen LogP contribution is 2.29. The first-order chi connectivity index (χ1) is 7.88. The Bertz CT molecular complexity index is 285. The van der Waals surface area contributed by atoms with Crippen LogP contribution in [0.3, 0.4) is 0 Å². The van der Waals surface area contributed by atoms with E-state index in [2.05, 4.69) is 13.2 Å². The van der Waals surface area contributed by atoms with Crippen molar-refractivity contribution in [2.75, 3.05) is 13.7 Å². The summed E-state index contributed by atoms with van der Waals surface area (Å²) < 4.78 is 43.5. The number of ether oxygens (including phenoxy) is 1. The molecular formula is C11H17F3N2O. The number of hydrogen-bond donors (Lipinski definition) is 0. The summed E-state index contributed by atoms with van der Waals surface area (Å²) in [7, 11) is 0.951. The van der Waals surface area contributed by atoms with Crippen LogP contribution in [0.2, 0.25) is 0 Å². The molecule has 0 bridgehead atoms. The van der Waals surface area contributed by atoms with Gasteiger partial charge in [0.05, 0.1) is 0 Å².